The quantitative estimate of drug-likeness (QED) is 0.838. The summed E-state index contributed by atoms with van der Waals surface area (Å²) in [6.45, 7) is 1.59. The minimum Gasteiger partial charge on any atom is -0.394 e. The fourth-order valence-corrected chi connectivity index (χ4v) is 2.85. The van der Waals surface area contributed by atoms with Crippen molar-refractivity contribution in [3.63, 3.8) is 0 Å². The number of sulfonamides is 1. The third kappa shape index (κ3) is 2.44. The van der Waals surface area contributed by atoms with Crippen LogP contribution in [0.15, 0.2) is 23.2 Å². The number of nitrogen functional groups attached to an aromatic ring is 1. The van der Waals surface area contributed by atoms with Gasteiger partial charge in [0, 0.05) is 13.2 Å². The topological polar surface area (TPSA) is 90.0 Å². The lowest BCUT2D eigenvalue weighted by molar-refractivity contribution is 0.557. The Morgan fingerprint density at radius 1 is 1.35 bits per heavy atom. The number of nitrogens with one attached hydrogen (secondary N) is 1. The van der Waals surface area contributed by atoms with E-state index in [2.05, 4.69) is 9.82 Å². The highest BCUT2D eigenvalue weighted by Gasteiger charge is 2.23. The van der Waals surface area contributed by atoms with Crippen molar-refractivity contribution in [3.8, 4) is 0 Å². The van der Waals surface area contributed by atoms with E-state index in [4.69, 9.17) is 5.73 Å². The van der Waals surface area contributed by atoms with Crippen molar-refractivity contribution in [3.05, 3.63) is 35.7 Å². The molecule has 0 aliphatic rings. The molecule has 0 amide bonds. The van der Waals surface area contributed by atoms with Crippen molar-refractivity contribution in [2.24, 2.45) is 7.05 Å². The van der Waals surface area contributed by atoms with Gasteiger partial charge >= 0.3 is 0 Å². The minimum absolute atomic E-state index is 0.204. The van der Waals surface area contributed by atoms with Crippen LogP contribution in [-0.2, 0) is 17.1 Å². The number of halogens is 2. The van der Waals surface area contributed by atoms with Gasteiger partial charge in [-0.05, 0) is 19.1 Å². The molecule has 1 aromatic heterocycles. The van der Waals surface area contributed by atoms with Crippen LogP contribution in [0.5, 0.6) is 0 Å². The van der Waals surface area contributed by atoms with E-state index in [1.54, 1.807) is 14.0 Å². The second-order valence-electron chi connectivity index (χ2n) is 4.18. The second kappa shape index (κ2) is 4.75. The minimum atomic E-state index is -4.22. The van der Waals surface area contributed by atoms with Crippen LogP contribution in [0.4, 0.5) is 20.2 Å². The first-order chi connectivity index (χ1) is 9.22. The Morgan fingerprint density at radius 2 is 2.00 bits per heavy atom. The number of aryl methyl sites for hydroxylation is 2. The zero-order chi connectivity index (χ0) is 15.1. The van der Waals surface area contributed by atoms with E-state index >= 15 is 0 Å². The van der Waals surface area contributed by atoms with Gasteiger partial charge in [-0.25, -0.2) is 17.2 Å². The van der Waals surface area contributed by atoms with E-state index in [1.165, 1.54) is 10.9 Å². The summed E-state index contributed by atoms with van der Waals surface area (Å²) >= 11 is 0. The summed E-state index contributed by atoms with van der Waals surface area (Å²) in [5.41, 5.74) is 4.94. The predicted octanol–water partition coefficient (Wildman–Crippen LogP) is 1.39. The Kier molecular flexibility index (Phi) is 3.38. The lowest BCUT2D eigenvalue weighted by Crippen LogP contribution is -2.16. The van der Waals surface area contributed by atoms with E-state index in [-0.39, 0.29) is 5.69 Å². The van der Waals surface area contributed by atoms with Gasteiger partial charge in [-0.15, -0.1) is 0 Å². The lowest BCUT2D eigenvalue weighted by Gasteiger charge is -2.09. The number of aromatic nitrogens is 2. The lowest BCUT2D eigenvalue weighted by atomic mass is 10.3. The molecule has 20 heavy (non-hydrogen) atoms. The van der Waals surface area contributed by atoms with Crippen LogP contribution in [0.2, 0.25) is 0 Å². The number of hydrogen-bond acceptors (Lipinski definition) is 4. The van der Waals surface area contributed by atoms with Gasteiger partial charge in [-0.3, -0.25) is 9.40 Å². The number of anilines is 2. The van der Waals surface area contributed by atoms with E-state index in [0.717, 1.165) is 12.1 Å². The molecular weight excluding hydrogens is 290 g/mol. The predicted molar refractivity (Wildman–Crippen MR) is 69.5 cm³/mol. The molecule has 0 saturated carbocycles. The maximum absolute atomic E-state index is 13.8. The summed E-state index contributed by atoms with van der Waals surface area (Å²) in [5, 5.41) is 3.95. The van der Waals surface area contributed by atoms with E-state index < -0.39 is 32.2 Å². The van der Waals surface area contributed by atoms with Crippen LogP contribution in [0.3, 0.4) is 0 Å². The Bertz CT molecular complexity index is 771. The highest BCUT2D eigenvalue weighted by molar-refractivity contribution is 7.92. The van der Waals surface area contributed by atoms with Gasteiger partial charge in [0.1, 0.15) is 16.4 Å². The van der Waals surface area contributed by atoms with Crippen LogP contribution in [0, 0.1) is 18.6 Å². The Morgan fingerprint density at radius 3 is 2.55 bits per heavy atom. The fraction of sp³-hybridized carbons (Fsp3) is 0.182. The third-order valence-corrected chi connectivity index (χ3v) is 4.02. The molecule has 2 rings (SSSR count). The van der Waals surface area contributed by atoms with Gasteiger partial charge in [0.25, 0.3) is 10.0 Å². The summed E-state index contributed by atoms with van der Waals surface area (Å²) in [6.07, 6.45) is 1.43. The maximum Gasteiger partial charge on any atom is 0.265 e. The van der Waals surface area contributed by atoms with Gasteiger partial charge in [0.05, 0.1) is 11.4 Å². The molecule has 0 saturated heterocycles. The number of nitrogens with two attached hydrogens (primary N) is 1. The van der Waals surface area contributed by atoms with Crippen LogP contribution in [0.1, 0.15) is 5.69 Å². The van der Waals surface area contributed by atoms with Crippen molar-refractivity contribution in [2.45, 2.75) is 11.8 Å². The van der Waals surface area contributed by atoms with Gasteiger partial charge < -0.3 is 5.73 Å². The number of hydrogen-bond donors (Lipinski definition) is 2. The first kappa shape index (κ1) is 14.3. The first-order valence-corrected chi connectivity index (χ1v) is 6.97. The molecule has 0 unspecified atom stereocenters. The van der Waals surface area contributed by atoms with Gasteiger partial charge in [0.15, 0.2) is 5.82 Å². The molecule has 0 bridgehead atoms. The SMILES string of the molecule is Cc1nn(C)cc1NS(=O)(=O)c1ccc(F)c(N)c1F. The molecule has 6 nitrogen and oxygen atoms in total. The smallest absolute Gasteiger partial charge is 0.265 e. The highest BCUT2D eigenvalue weighted by atomic mass is 32.2. The van der Waals surface area contributed by atoms with Gasteiger partial charge in [0.2, 0.25) is 0 Å². The summed E-state index contributed by atoms with van der Waals surface area (Å²) in [7, 11) is -2.61. The fourth-order valence-electron chi connectivity index (χ4n) is 1.66. The molecule has 0 fully saturated rings. The normalized spacial score (nSPS) is 11.6. The van der Waals surface area contributed by atoms with E-state index in [0.29, 0.717) is 5.69 Å². The van der Waals surface area contributed by atoms with Crippen LogP contribution >= 0.6 is 0 Å². The van der Waals surface area contributed by atoms with Crippen molar-refractivity contribution < 1.29 is 17.2 Å². The highest BCUT2D eigenvalue weighted by Crippen LogP contribution is 2.25. The van der Waals surface area contributed by atoms with E-state index in [1.807, 2.05) is 0 Å². The maximum atomic E-state index is 13.8. The van der Waals surface area contributed by atoms with Gasteiger partial charge in [-0.2, -0.15) is 5.10 Å². The molecule has 3 N–H and O–H groups in total. The average Bonchev–Trinajstić information content (AvgIpc) is 2.63. The zero-order valence-electron chi connectivity index (χ0n) is 10.7. The van der Waals surface area contributed by atoms with E-state index in [9.17, 15) is 17.2 Å². The first-order valence-electron chi connectivity index (χ1n) is 5.49. The van der Waals surface area contributed by atoms with Crippen molar-refractivity contribution in [1.29, 1.82) is 0 Å². The second-order valence-corrected chi connectivity index (χ2v) is 5.83. The molecule has 0 aliphatic carbocycles. The molecule has 2 aromatic rings. The number of benzene rings is 1. The summed E-state index contributed by atoms with van der Waals surface area (Å²) in [6, 6.07) is 1.61. The Balaban J connectivity index is 2.46. The molecule has 9 heteroatoms. The summed E-state index contributed by atoms with van der Waals surface area (Å²) in [5.74, 6) is -2.34. The van der Waals surface area contributed by atoms with Crippen LogP contribution in [-0.4, -0.2) is 18.2 Å². The average molecular weight is 302 g/mol. The third-order valence-electron chi connectivity index (χ3n) is 2.64. The molecule has 1 aromatic carbocycles. The van der Waals surface area contributed by atoms with Crippen molar-refractivity contribution in [1.82, 2.24) is 9.78 Å². The molecule has 0 radical (unpaired) electrons. The largest absolute Gasteiger partial charge is 0.394 e. The van der Waals surface area contributed by atoms with Crippen molar-refractivity contribution in [2.75, 3.05) is 10.5 Å². The summed E-state index contributed by atoms with van der Waals surface area (Å²) < 4.78 is 54.6. The van der Waals surface area contributed by atoms with Crippen LogP contribution < -0.4 is 10.5 Å². The zero-order valence-corrected chi connectivity index (χ0v) is 11.5. The number of nitrogens with zero attached hydrogens (tertiary/aromatic N) is 2. The van der Waals surface area contributed by atoms with Crippen molar-refractivity contribution >= 4 is 21.4 Å². The molecule has 0 aliphatic heterocycles. The molecule has 1 heterocycles. The van der Waals surface area contributed by atoms with Gasteiger partial charge in [-0.1, -0.05) is 0 Å². The molecule has 108 valence electrons. The molecule has 0 spiro atoms. The monoisotopic (exact) mass is 302 g/mol. The summed E-state index contributed by atoms with van der Waals surface area (Å²) in [4.78, 5) is -0.723. The standard InChI is InChI=1S/C11H12F2N4O2S/c1-6-8(5-17(2)15-6)16-20(18,19)9-4-3-7(12)11(14)10(9)13/h3-5,16H,14H2,1-2H3. The Labute approximate surface area is 114 Å². The Hall–Kier alpha value is -2.16. The number of rotatable bonds is 3. The molecule has 0 atom stereocenters. The van der Waals surface area contributed by atoms with Crippen LogP contribution in [0.25, 0.3) is 0 Å². The molecular formula is C11H12F2N4O2S.